The summed E-state index contributed by atoms with van der Waals surface area (Å²) in [4.78, 5) is 1.18. The van der Waals surface area contributed by atoms with Crippen LogP contribution in [-0.4, -0.2) is 24.3 Å². The fraction of sp³-hybridized carbons (Fsp3) is 0.200. The van der Waals surface area contributed by atoms with Gasteiger partial charge >= 0.3 is 0 Å². The van der Waals surface area contributed by atoms with Crippen LogP contribution >= 0.6 is 11.5 Å². The summed E-state index contributed by atoms with van der Waals surface area (Å²) >= 11 is 1.25. The minimum atomic E-state index is -3.16. The molecular weight excluding hydrogens is 258 g/mol. The summed E-state index contributed by atoms with van der Waals surface area (Å²) in [7, 11) is -3.16. The predicted octanol–water partition coefficient (Wildman–Crippen LogP) is 1.07. The van der Waals surface area contributed by atoms with E-state index in [0.717, 1.165) is 16.1 Å². The molecule has 0 fully saturated rings. The van der Waals surface area contributed by atoms with Crippen LogP contribution in [0.5, 0.6) is 0 Å². The number of hydrogen-bond donors (Lipinski definition) is 1. The normalized spacial score (nSPS) is 11.6. The van der Waals surface area contributed by atoms with Crippen LogP contribution in [0.4, 0.5) is 0 Å². The van der Waals surface area contributed by atoms with Crippen molar-refractivity contribution in [2.45, 2.75) is 11.4 Å². The van der Waals surface area contributed by atoms with Crippen molar-refractivity contribution in [3.05, 3.63) is 29.1 Å². The second kappa shape index (κ2) is 4.52. The van der Waals surface area contributed by atoms with Gasteiger partial charge in [0.2, 0.25) is 0 Å². The zero-order valence-electron chi connectivity index (χ0n) is 9.12. The summed E-state index contributed by atoms with van der Waals surface area (Å²) in [6, 6.07) is 6.55. The topological polar surface area (TPSA) is 85.9 Å². The van der Waals surface area contributed by atoms with Gasteiger partial charge in [-0.3, -0.25) is 0 Å². The molecule has 0 aliphatic carbocycles. The van der Waals surface area contributed by atoms with Gasteiger partial charge in [-0.15, -0.1) is 5.10 Å². The first-order valence-corrected chi connectivity index (χ1v) is 7.50. The first kappa shape index (κ1) is 12.2. The molecule has 0 saturated carbocycles. The smallest absolute Gasteiger partial charge is 0.175 e. The molecule has 0 amide bonds. The van der Waals surface area contributed by atoms with Gasteiger partial charge in [-0.05, 0) is 23.7 Å². The van der Waals surface area contributed by atoms with Crippen molar-refractivity contribution >= 4 is 21.4 Å². The van der Waals surface area contributed by atoms with Crippen molar-refractivity contribution in [1.29, 1.82) is 0 Å². The summed E-state index contributed by atoms with van der Waals surface area (Å²) in [5, 5.41) is 3.99. The molecule has 1 aromatic carbocycles. The maximum atomic E-state index is 11.3. The molecule has 0 aliphatic rings. The summed E-state index contributed by atoms with van der Waals surface area (Å²) in [6.07, 6.45) is 1.18. The Morgan fingerprint density at radius 1 is 1.29 bits per heavy atom. The van der Waals surface area contributed by atoms with Crippen molar-refractivity contribution in [2.75, 3.05) is 6.26 Å². The van der Waals surface area contributed by atoms with Crippen molar-refractivity contribution < 1.29 is 8.42 Å². The molecule has 0 aliphatic heterocycles. The van der Waals surface area contributed by atoms with Crippen LogP contribution in [0.2, 0.25) is 0 Å². The number of nitrogens with zero attached hydrogens (tertiary/aromatic N) is 2. The van der Waals surface area contributed by atoms with Crippen molar-refractivity contribution in [3.63, 3.8) is 0 Å². The van der Waals surface area contributed by atoms with Gasteiger partial charge in [0.1, 0.15) is 5.69 Å². The molecule has 5 nitrogen and oxygen atoms in total. The molecule has 0 saturated heterocycles. The lowest BCUT2D eigenvalue weighted by Crippen LogP contribution is -1.98. The van der Waals surface area contributed by atoms with Crippen LogP contribution in [0, 0.1) is 0 Å². The van der Waals surface area contributed by atoms with E-state index in [1.807, 2.05) is 0 Å². The fourth-order valence-electron chi connectivity index (χ4n) is 1.42. The lowest BCUT2D eigenvalue weighted by molar-refractivity contribution is 0.602. The van der Waals surface area contributed by atoms with Gasteiger partial charge in [-0.25, -0.2) is 8.42 Å². The first-order valence-electron chi connectivity index (χ1n) is 4.84. The largest absolute Gasteiger partial charge is 0.326 e. The maximum absolute atomic E-state index is 11.3. The molecule has 17 heavy (non-hydrogen) atoms. The van der Waals surface area contributed by atoms with E-state index >= 15 is 0 Å². The number of nitrogens with two attached hydrogens (primary N) is 1. The number of benzene rings is 1. The van der Waals surface area contributed by atoms with Gasteiger partial charge in [0.05, 0.1) is 9.77 Å². The predicted molar refractivity (Wildman–Crippen MR) is 66.3 cm³/mol. The Labute approximate surface area is 103 Å². The van der Waals surface area contributed by atoms with Crippen LogP contribution in [0.25, 0.3) is 11.3 Å². The molecule has 7 heteroatoms. The van der Waals surface area contributed by atoms with Crippen LogP contribution in [0.1, 0.15) is 4.88 Å². The second-order valence-electron chi connectivity index (χ2n) is 3.55. The number of sulfone groups is 1. The molecule has 2 aromatic rings. The average Bonchev–Trinajstić information content (AvgIpc) is 2.76. The highest BCUT2D eigenvalue weighted by Crippen LogP contribution is 2.24. The number of rotatable bonds is 3. The minimum Gasteiger partial charge on any atom is -0.326 e. The quantitative estimate of drug-likeness (QED) is 0.900. The third-order valence-corrected chi connectivity index (χ3v) is 4.17. The molecule has 0 bridgehead atoms. The molecule has 2 N–H and O–H groups in total. The summed E-state index contributed by atoms with van der Waals surface area (Å²) < 4.78 is 26.4. The lowest BCUT2D eigenvalue weighted by atomic mass is 10.1. The van der Waals surface area contributed by atoms with Gasteiger partial charge in [-0.1, -0.05) is 16.6 Å². The Hall–Kier alpha value is -1.31. The molecule has 0 unspecified atom stereocenters. The van der Waals surface area contributed by atoms with Gasteiger partial charge in [0.15, 0.2) is 9.84 Å². The fourth-order valence-corrected chi connectivity index (χ4v) is 2.59. The van der Waals surface area contributed by atoms with E-state index in [1.165, 1.54) is 17.8 Å². The monoisotopic (exact) mass is 269 g/mol. The average molecular weight is 269 g/mol. The SMILES string of the molecule is CS(=O)(=O)c1ccc(-c2nnsc2CN)cc1. The number of aromatic nitrogens is 2. The standard InChI is InChI=1S/C10H11N3O2S2/c1-17(14,15)8-4-2-7(3-5-8)10-9(6-11)16-13-12-10/h2-5H,6,11H2,1H3. The zero-order valence-corrected chi connectivity index (χ0v) is 10.8. The van der Waals surface area contributed by atoms with Gasteiger partial charge in [0, 0.05) is 18.4 Å². The first-order chi connectivity index (χ1) is 8.02. The summed E-state index contributed by atoms with van der Waals surface area (Å²) in [5.41, 5.74) is 7.11. The molecule has 1 heterocycles. The highest BCUT2D eigenvalue weighted by Gasteiger charge is 2.11. The van der Waals surface area contributed by atoms with Crippen LogP contribution in [0.3, 0.4) is 0 Å². The lowest BCUT2D eigenvalue weighted by Gasteiger charge is -2.01. The summed E-state index contributed by atoms with van der Waals surface area (Å²) in [5.74, 6) is 0. The Bertz CT molecular complexity index is 617. The third kappa shape index (κ3) is 2.51. The molecule has 0 radical (unpaired) electrons. The Kier molecular flexibility index (Phi) is 3.23. The number of hydrogen-bond acceptors (Lipinski definition) is 6. The van der Waals surface area contributed by atoms with Crippen molar-refractivity contribution in [1.82, 2.24) is 9.59 Å². The Balaban J connectivity index is 2.43. The highest BCUT2D eigenvalue weighted by atomic mass is 32.2. The van der Waals surface area contributed by atoms with E-state index in [0.29, 0.717) is 11.4 Å². The van der Waals surface area contributed by atoms with Crippen molar-refractivity contribution in [3.8, 4) is 11.3 Å². The van der Waals surface area contributed by atoms with Gasteiger partial charge < -0.3 is 5.73 Å². The van der Waals surface area contributed by atoms with E-state index in [1.54, 1.807) is 24.3 Å². The summed E-state index contributed by atoms with van der Waals surface area (Å²) in [6.45, 7) is 0.376. The van der Waals surface area contributed by atoms with E-state index in [-0.39, 0.29) is 0 Å². The van der Waals surface area contributed by atoms with Gasteiger partial charge in [-0.2, -0.15) is 0 Å². The van der Waals surface area contributed by atoms with E-state index < -0.39 is 9.84 Å². The zero-order chi connectivity index (χ0) is 12.5. The maximum Gasteiger partial charge on any atom is 0.175 e. The molecule has 1 aromatic heterocycles. The molecule has 90 valence electrons. The van der Waals surface area contributed by atoms with E-state index in [2.05, 4.69) is 9.59 Å². The Morgan fingerprint density at radius 3 is 2.47 bits per heavy atom. The Morgan fingerprint density at radius 2 is 1.94 bits per heavy atom. The third-order valence-electron chi connectivity index (χ3n) is 2.30. The van der Waals surface area contributed by atoms with E-state index in [4.69, 9.17) is 5.73 Å². The van der Waals surface area contributed by atoms with Crippen LogP contribution in [-0.2, 0) is 16.4 Å². The molecule has 0 spiro atoms. The molecule has 2 rings (SSSR count). The van der Waals surface area contributed by atoms with Crippen molar-refractivity contribution in [2.24, 2.45) is 5.73 Å². The molecule has 0 atom stereocenters. The highest BCUT2D eigenvalue weighted by molar-refractivity contribution is 7.90. The molecular formula is C10H11N3O2S2. The second-order valence-corrected chi connectivity index (χ2v) is 6.40. The minimum absolute atomic E-state index is 0.290. The van der Waals surface area contributed by atoms with E-state index in [9.17, 15) is 8.42 Å². The van der Waals surface area contributed by atoms with Crippen LogP contribution in [0.15, 0.2) is 29.2 Å². The van der Waals surface area contributed by atoms with Gasteiger partial charge in [0.25, 0.3) is 0 Å². The van der Waals surface area contributed by atoms with Crippen LogP contribution < -0.4 is 5.73 Å².